The van der Waals surface area contributed by atoms with Crippen LogP contribution in [0.4, 0.5) is 13.2 Å². The van der Waals surface area contributed by atoms with Crippen LogP contribution < -0.4 is 0 Å². The van der Waals surface area contributed by atoms with Crippen LogP contribution in [0.15, 0.2) is 30.3 Å². The van der Waals surface area contributed by atoms with Gasteiger partial charge in [0.05, 0.1) is 6.10 Å². The molecule has 1 aromatic rings. The van der Waals surface area contributed by atoms with Crippen LogP contribution in [-0.4, -0.2) is 82.1 Å². The summed E-state index contributed by atoms with van der Waals surface area (Å²) in [4.78, 5) is 24.0. The van der Waals surface area contributed by atoms with Gasteiger partial charge in [-0.3, -0.25) is 14.6 Å². The zero-order chi connectivity index (χ0) is 21.2. The van der Waals surface area contributed by atoms with E-state index in [1.807, 2.05) is 6.07 Å². The number of aliphatic hydroxyl groups excluding tert-OH is 1. The van der Waals surface area contributed by atoms with E-state index in [-0.39, 0.29) is 6.42 Å². The Bertz CT molecular complexity index is 605. The zero-order valence-electron chi connectivity index (χ0n) is 15.3. The highest BCUT2D eigenvalue weighted by molar-refractivity contribution is 5.73. The van der Waals surface area contributed by atoms with Crippen LogP contribution in [0.3, 0.4) is 0 Å². The molecule has 158 valence electrons. The molecule has 3 N–H and O–H groups in total. The second-order valence-electron chi connectivity index (χ2n) is 6.45. The molecule has 10 heteroatoms. The summed E-state index contributed by atoms with van der Waals surface area (Å²) >= 11 is 0. The second kappa shape index (κ2) is 11.6. The molecule has 1 atom stereocenters. The summed E-state index contributed by atoms with van der Waals surface area (Å²) in [5.41, 5.74) is 1.33. The topological polar surface area (TPSA) is 101 Å². The molecule has 2 rings (SSSR count). The Morgan fingerprint density at radius 1 is 1.00 bits per heavy atom. The minimum Gasteiger partial charge on any atom is -0.481 e. The molecular formula is C18H25F3N2O5. The molecule has 1 aliphatic rings. The van der Waals surface area contributed by atoms with Crippen molar-refractivity contribution in [3.63, 3.8) is 0 Å². The van der Waals surface area contributed by atoms with Crippen molar-refractivity contribution in [2.24, 2.45) is 0 Å². The first-order valence-electron chi connectivity index (χ1n) is 8.76. The molecule has 1 heterocycles. The first-order chi connectivity index (χ1) is 13.1. The standard InChI is InChI=1S/C16H24N2O3.C2HF3O2/c19-15(6-7-16(20)21)13-18-10-8-17(9-11-18)12-14-4-2-1-3-5-14;3-2(4,5)1(6)7/h1-5,15,19H,6-13H2,(H,20,21);(H,6,7). The van der Waals surface area contributed by atoms with Gasteiger partial charge in [-0.15, -0.1) is 0 Å². The molecule has 28 heavy (non-hydrogen) atoms. The van der Waals surface area contributed by atoms with Crippen molar-refractivity contribution in [3.8, 4) is 0 Å². The number of alkyl halides is 3. The van der Waals surface area contributed by atoms with Crippen LogP contribution >= 0.6 is 0 Å². The van der Waals surface area contributed by atoms with E-state index < -0.39 is 24.2 Å². The Hall–Kier alpha value is -2.17. The highest BCUT2D eigenvalue weighted by Gasteiger charge is 2.38. The van der Waals surface area contributed by atoms with Gasteiger partial charge in [-0.05, 0) is 12.0 Å². The van der Waals surface area contributed by atoms with Gasteiger partial charge in [0, 0.05) is 45.7 Å². The predicted molar refractivity (Wildman–Crippen MR) is 94.7 cm³/mol. The number of benzene rings is 1. The van der Waals surface area contributed by atoms with Crippen LogP contribution in [0.2, 0.25) is 0 Å². The normalized spacial score (nSPS) is 16.7. The molecule has 1 saturated heterocycles. The maximum Gasteiger partial charge on any atom is 0.490 e. The number of halogens is 3. The fraction of sp³-hybridized carbons (Fsp3) is 0.556. The number of nitrogens with zero attached hydrogens (tertiary/aromatic N) is 2. The quantitative estimate of drug-likeness (QED) is 0.633. The van der Waals surface area contributed by atoms with E-state index in [0.29, 0.717) is 13.0 Å². The molecular weight excluding hydrogens is 381 g/mol. The lowest BCUT2D eigenvalue weighted by atomic mass is 10.1. The summed E-state index contributed by atoms with van der Waals surface area (Å²) < 4.78 is 31.7. The molecule has 1 fully saturated rings. The summed E-state index contributed by atoms with van der Waals surface area (Å²) in [5.74, 6) is -3.60. The van der Waals surface area contributed by atoms with Gasteiger partial charge in [0.2, 0.25) is 0 Å². The Morgan fingerprint density at radius 2 is 1.50 bits per heavy atom. The van der Waals surface area contributed by atoms with E-state index in [9.17, 15) is 23.1 Å². The number of carboxylic acids is 2. The van der Waals surface area contributed by atoms with Crippen molar-refractivity contribution in [1.82, 2.24) is 9.80 Å². The minimum absolute atomic E-state index is 0.0368. The van der Waals surface area contributed by atoms with Crippen molar-refractivity contribution in [2.45, 2.75) is 31.7 Å². The smallest absolute Gasteiger partial charge is 0.481 e. The van der Waals surface area contributed by atoms with Gasteiger partial charge < -0.3 is 15.3 Å². The number of carbonyl (C=O) groups is 2. The Balaban J connectivity index is 0.000000480. The molecule has 7 nitrogen and oxygen atoms in total. The van der Waals surface area contributed by atoms with Gasteiger partial charge in [-0.25, -0.2) is 4.79 Å². The van der Waals surface area contributed by atoms with E-state index >= 15 is 0 Å². The van der Waals surface area contributed by atoms with E-state index in [0.717, 1.165) is 32.7 Å². The fourth-order valence-electron chi connectivity index (χ4n) is 2.65. The zero-order valence-corrected chi connectivity index (χ0v) is 15.3. The van der Waals surface area contributed by atoms with Crippen molar-refractivity contribution in [2.75, 3.05) is 32.7 Å². The van der Waals surface area contributed by atoms with Crippen LogP contribution in [0.25, 0.3) is 0 Å². The third-order valence-electron chi connectivity index (χ3n) is 4.12. The lowest BCUT2D eigenvalue weighted by Gasteiger charge is -2.35. The number of hydrogen-bond acceptors (Lipinski definition) is 5. The molecule has 1 unspecified atom stereocenters. The van der Waals surface area contributed by atoms with Crippen LogP contribution in [0.1, 0.15) is 18.4 Å². The third kappa shape index (κ3) is 10.2. The lowest BCUT2D eigenvalue weighted by Crippen LogP contribution is -2.48. The molecule has 0 bridgehead atoms. The van der Waals surface area contributed by atoms with E-state index in [2.05, 4.69) is 34.1 Å². The van der Waals surface area contributed by atoms with E-state index in [1.165, 1.54) is 5.56 Å². The average molecular weight is 406 g/mol. The van der Waals surface area contributed by atoms with Crippen LogP contribution in [0, 0.1) is 0 Å². The van der Waals surface area contributed by atoms with Crippen LogP contribution in [0.5, 0.6) is 0 Å². The Kier molecular flexibility index (Phi) is 9.91. The molecule has 0 saturated carbocycles. The Morgan fingerprint density at radius 3 is 1.96 bits per heavy atom. The van der Waals surface area contributed by atoms with Crippen molar-refractivity contribution in [1.29, 1.82) is 0 Å². The number of hydrogen-bond donors (Lipinski definition) is 3. The number of aliphatic carboxylic acids is 2. The maximum absolute atomic E-state index is 10.6. The second-order valence-corrected chi connectivity index (χ2v) is 6.45. The largest absolute Gasteiger partial charge is 0.490 e. The molecule has 0 aliphatic carbocycles. The molecule has 0 aromatic heterocycles. The summed E-state index contributed by atoms with van der Waals surface area (Å²) in [7, 11) is 0. The number of piperazine rings is 1. The lowest BCUT2D eigenvalue weighted by molar-refractivity contribution is -0.192. The highest BCUT2D eigenvalue weighted by atomic mass is 19.4. The molecule has 0 amide bonds. The van der Waals surface area contributed by atoms with E-state index in [1.54, 1.807) is 0 Å². The van der Waals surface area contributed by atoms with Crippen LogP contribution in [-0.2, 0) is 16.1 Å². The molecule has 1 aliphatic heterocycles. The highest BCUT2D eigenvalue weighted by Crippen LogP contribution is 2.13. The first kappa shape index (κ1) is 23.9. The third-order valence-corrected chi connectivity index (χ3v) is 4.12. The fourth-order valence-corrected chi connectivity index (χ4v) is 2.65. The van der Waals surface area contributed by atoms with Crippen molar-refractivity contribution < 1.29 is 38.1 Å². The monoisotopic (exact) mass is 406 g/mol. The van der Waals surface area contributed by atoms with Gasteiger partial charge in [-0.1, -0.05) is 30.3 Å². The SMILES string of the molecule is O=C(O)C(F)(F)F.O=C(O)CCC(O)CN1CCN(Cc2ccccc2)CC1. The summed E-state index contributed by atoms with van der Waals surface area (Å²) in [6.07, 6.45) is -5.25. The summed E-state index contributed by atoms with van der Waals surface area (Å²) in [6.45, 7) is 5.37. The molecule has 0 radical (unpaired) electrons. The number of carboxylic acid groups (broad SMARTS) is 2. The predicted octanol–water partition coefficient (Wildman–Crippen LogP) is 1.66. The molecule has 1 aromatic carbocycles. The number of rotatable bonds is 7. The molecule has 0 spiro atoms. The number of β-amino-alcohol motifs (C(OH)–C–C–N with tert-alkyl or cyclic N) is 1. The summed E-state index contributed by atoms with van der Waals surface area (Å²) in [5, 5.41) is 25.6. The maximum atomic E-state index is 10.6. The number of aliphatic hydroxyl groups is 1. The van der Waals surface area contributed by atoms with Gasteiger partial charge in [-0.2, -0.15) is 13.2 Å². The Labute approximate surface area is 161 Å². The summed E-state index contributed by atoms with van der Waals surface area (Å²) in [6, 6.07) is 10.4. The minimum atomic E-state index is -5.08. The van der Waals surface area contributed by atoms with Gasteiger partial charge in [0.25, 0.3) is 0 Å². The average Bonchev–Trinajstić information content (AvgIpc) is 2.62. The van der Waals surface area contributed by atoms with Gasteiger partial charge >= 0.3 is 18.1 Å². The van der Waals surface area contributed by atoms with Crippen molar-refractivity contribution in [3.05, 3.63) is 35.9 Å². The van der Waals surface area contributed by atoms with E-state index in [4.69, 9.17) is 15.0 Å². The van der Waals surface area contributed by atoms with Gasteiger partial charge in [0.1, 0.15) is 0 Å². The van der Waals surface area contributed by atoms with Gasteiger partial charge in [0.15, 0.2) is 0 Å². The first-order valence-corrected chi connectivity index (χ1v) is 8.76. The van der Waals surface area contributed by atoms with Crippen molar-refractivity contribution >= 4 is 11.9 Å².